The van der Waals surface area contributed by atoms with Gasteiger partial charge in [-0.05, 0) is 31.4 Å². The minimum Gasteiger partial charge on any atom is -0.292 e. The van der Waals surface area contributed by atoms with Gasteiger partial charge >= 0.3 is 0 Å². The SMILES string of the molecule is CCc1ccc(C(=O)CN(CCC#N)C2CC2)s1. The summed E-state index contributed by atoms with van der Waals surface area (Å²) in [5.41, 5.74) is 0. The first-order valence-electron chi connectivity index (χ1n) is 6.47. The molecule has 1 aliphatic carbocycles. The summed E-state index contributed by atoms with van der Waals surface area (Å²) in [6, 6.07) is 6.66. The van der Waals surface area contributed by atoms with Crippen molar-refractivity contribution < 1.29 is 4.79 Å². The number of carbonyl (C=O) groups excluding carboxylic acids is 1. The lowest BCUT2D eigenvalue weighted by atomic mass is 10.2. The molecule has 0 aromatic carbocycles. The Morgan fingerprint density at radius 2 is 2.33 bits per heavy atom. The molecule has 4 heteroatoms. The molecule has 1 aromatic heterocycles. The van der Waals surface area contributed by atoms with Gasteiger partial charge in [-0.2, -0.15) is 5.26 Å². The average Bonchev–Trinajstić information content (AvgIpc) is 3.11. The van der Waals surface area contributed by atoms with Gasteiger partial charge < -0.3 is 0 Å². The van der Waals surface area contributed by atoms with Crippen molar-refractivity contribution in [3.05, 3.63) is 21.9 Å². The Labute approximate surface area is 112 Å². The molecule has 0 aliphatic heterocycles. The van der Waals surface area contributed by atoms with Crippen molar-refractivity contribution in [2.45, 2.75) is 38.6 Å². The van der Waals surface area contributed by atoms with E-state index < -0.39 is 0 Å². The fourth-order valence-electron chi connectivity index (χ4n) is 2.00. The van der Waals surface area contributed by atoms with Crippen LogP contribution in [0.15, 0.2) is 12.1 Å². The van der Waals surface area contributed by atoms with Crippen molar-refractivity contribution in [1.82, 2.24) is 4.90 Å². The van der Waals surface area contributed by atoms with Gasteiger partial charge in [-0.15, -0.1) is 11.3 Å². The predicted molar refractivity (Wildman–Crippen MR) is 72.9 cm³/mol. The van der Waals surface area contributed by atoms with Crippen LogP contribution in [0.25, 0.3) is 0 Å². The predicted octanol–water partition coefficient (Wildman–Crippen LogP) is 2.87. The topological polar surface area (TPSA) is 44.1 Å². The summed E-state index contributed by atoms with van der Waals surface area (Å²) in [6.45, 7) is 3.29. The van der Waals surface area contributed by atoms with Gasteiger partial charge in [0, 0.05) is 23.9 Å². The molecule has 3 nitrogen and oxygen atoms in total. The van der Waals surface area contributed by atoms with Gasteiger partial charge in [0.25, 0.3) is 0 Å². The highest BCUT2D eigenvalue weighted by atomic mass is 32.1. The second-order valence-electron chi connectivity index (χ2n) is 4.65. The van der Waals surface area contributed by atoms with Crippen LogP contribution in [0.3, 0.4) is 0 Å². The van der Waals surface area contributed by atoms with Crippen LogP contribution in [0.2, 0.25) is 0 Å². The minimum absolute atomic E-state index is 0.199. The van der Waals surface area contributed by atoms with Gasteiger partial charge in [0.05, 0.1) is 17.5 Å². The first-order chi connectivity index (χ1) is 8.74. The molecule has 1 aromatic rings. The molecule has 0 saturated heterocycles. The van der Waals surface area contributed by atoms with Crippen LogP contribution in [-0.2, 0) is 6.42 Å². The van der Waals surface area contributed by atoms with Crippen LogP contribution < -0.4 is 0 Å². The van der Waals surface area contributed by atoms with Crippen molar-refractivity contribution in [3.8, 4) is 6.07 Å². The molecule has 0 unspecified atom stereocenters. The summed E-state index contributed by atoms with van der Waals surface area (Å²) < 4.78 is 0. The van der Waals surface area contributed by atoms with E-state index in [1.165, 1.54) is 17.7 Å². The van der Waals surface area contributed by atoms with Crippen molar-refractivity contribution in [2.75, 3.05) is 13.1 Å². The number of thiophene rings is 1. The molecule has 1 aliphatic rings. The third-order valence-corrected chi connectivity index (χ3v) is 4.48. The van der Waals surface area contributed by atoms with Crippen LogP contribution in [0.1, 0.15) is 40.7 Å². The van der Waals surface area contributed by atoms with E-state index >= 15 is 0 Å². The largest absolute Gasteiger partial charge is 0.292 e. The maximum Gasteiger partial charge on any atom is 0.186 e. The third-order valence-electron chi connectivity index (χ3n) is 3.21. The number of rotatable bonds is 7. The Morgan fingerprint density at radius 1 is 1.56 bits per heavy atom. The first kappa shape index (κ1) is 13.3. The fraction of sp³-hybridized carbons (Fsp3) is 0.571. The van der Waals surface area contributed by atoms with Crippen LogP contribution >= 0.6 is 11.3 Å². The number of ketones is 1. The third kappa shape index (κ3) is 3.41. The molecule has 1 heterocycles. The van der Waals surface area contributed by atoms with Gasteiger partial charge in [0.2, 0.25) is 0 Å². The normalized spacial score (nSPS) is 14.7. The van der Waals surface area contributed by atoms with E-state index in [0.717, 1.165) is 17.8 Å². The van der Waals surface area contributed by atoms with E-state index in [0.29, 0.717) is 19.0 Å². The van der Waals surface area contributed by atoms with Crippen LogP contribution in [0, 0.1) is 11.3 Å². The summed E-state index contributed by atoms with van der Waals surface area (Å²) in [4.78, 5) is 16.4. The summed E-state index contributed by atoms with van der Waals surface area (Å²) in [7, 11) is 0. The Balaban J connectivity index is 1.93. The first-order valence-corrected chi connectivity index (χ1v) is 7.29. The molecule has 1 fully saturated rings. The lowest BCUT2D eigenvalue weighted by molar-refractivity contribution is 0.0930. The highest BCUT2D eigenvalue weighted by molar-refractivity contribution is 7.14. The molecule has 2 rings (SSSR count). The van der Waals surface area contributed by atoms with Crippen molar-refractivity contribution in [2.24, 2.45) is 0 Å². The monoisotopic (exact) mass is 262 g/mol. The second-order valence-corrected chi connectivity index (χ2v) is 5.82. The zero-order valence-electron chi connectivity index (χ0n) is 10.7. The number of hydrogen-bond donors (Lipinski definition) is 0. The summed E-state index contributed by atoms with van der Waals surface area (Å²) in [5.74, 6) is 0.199. The highest BCUT2D eigenvalue weighted by Crippen LogP contribution is 2.27. The van der Waals surface area contributed by atoms with Gasteiger partial charge in [0.1, 0.15) is 0 Å². The smallest absolute Gasteiger partial charge is 0.186 e. The van der Waals surface area contributed by atoms with Gasteiger partial charge in [-0.25, -0.2) is 0 Å². The number of nitrogens with zero attached hydrogens (tertiary/aromatic N) is 2. The number of carbonyl (C=O) groups is 1. The van der Waals surface area contributed by atoms with E-state index in [-0.39, 0.29) is 5.78 Å². The summed E-state index contributed by atoms with van der Waals surface area (Å²) in [5, 5.41) is 8.64. The molecule has 0 spiro atoms. The molecule has 96 valence electrons. The molecule has 0 amide bonds. The second kappa shape index (κ2) is 6.12. The minimum atomic E-state index is 0.199. The lowest BCUT2D eigenvalue weighted by Gasteiger charge is -2.19. The van der Waals surface area contributed by atoms with E-state index in [4.69, 9.17) is 5.26 Å². The number of hydrogen-bond acceptors (Lipinski definition) is 4. The maximum absolute atomic E-state index is 12.2. The summed E-state index contributed by atoms with van der Waals surface area (Å²) >= 11 is 1.60. The van der Waals surface area contributed by atoms with Crippen molar-refractivity contribution in [3.63, 3.8) is 0 Å². The standard InChI is InChI=1S/C14H18N2OS/c1-2-12-6-7-14(18-12)13(17)10-16(9-3-8-15)11-4-5-11/h6-7,11H,2-5,9-10H2,1H3. The average molecular weight is 262 g/mol. The van der Waals surface area contributed by atoms with Crippen molar-refractivity contribution in [1.29, 1.82) is 5.26 Å². The highest BCUT2D eigenvalue weighted by Gasteiger charge is 2.30. The fourth-order valence-corrected chi connectivity index (χ4v) is 2.88. The Bertz CT molecular complexity index is 457. The summed E-state index contributed by atoms with van der Waals surface area (Å²) in [6.07, 6.45) is 3.83. The molecule has 0 radical (unpaired) electrons. The van der Waals surface area contributed by atoms with E-state index in [1.807, 2.05) is 12.1 Å². The molecule has 0 bridgehead atoms. The number of aryl methyl sites for hydroxylation is 1. The molecule has 0 N–H and O–H groups in total. The number of Topliss-reactive ketones (excluding diaryl/α,β-unsaturated/α-hetero) is 1. The molecular formula is C14H18N2OS. The van der Waals surface area contributed by atoms with E-state index in [1.54, 1.807) is 11.3 Å². The Hall–Kier alpha value is -1.18. The molecular weight excluding hydrogens is 244 g/mol. The Morgan fingerprint density at radius 3 is 2.89 bits per heavy atom. The number of nitriles is 1. The lowest BCUT2D eigenvalue weighted by Crippen LogP contribution is -2.32. The Kier molecular flexibility index (Phi) is 4.51. The maximum atomic E-state index is 12.2. The zero-order chi connectivity index (χ0) is 13.0. The zero-order valence-corrected chi connectivity index (χ0v) is 11.5. The van der Waals surface area contributed by atoms with Crippen molar-refractivity contribution >= 4 is 17.1 Å². The van der Waals surface area contributed by atoms with Crippen LogP contribution in [-0.4, -0.2) is 29.8 Å². The quantitative estimate of drug-likeness (QED) is 0.710. The van der Waals surface area contributed by atoms with Gasteiger partial charge in [-0.3, -0.25) is 9.69 Å². The molecule has 0 atom stereocenters. The van der Waals surface area contributed by atoms with Gasteiger partial charge in [0.15, 0.2) is 5.78 Å². The van der Waals surface area contributed by atoms with E-state index in [2.05, 4.69) is 17.9 Å². The van der Waals surface area contributed by atoms with Crippen LogP contribution in [0.5, 0.6) is 0 Å². The van der Waals surface area contributed by atoms with Gasteiger partial charge in [-0.1, -0.05) is 6.92 Å². The molecule has 18 heavy (non-hydrogen) atoms. The van der Waals surface area contributed by atoms with E-state index in [9.17, 15) is 4.79 Å². The van der Waals surface area contributed by atoms with Crippen LogP contribution in [0.4, 0.5) is 0 Å². The molecule has 1 saturated carbocycles.